The van der Waals surface area contributed by atoms with Crippen LogP contribution in [0.4, 0.5) is 0 Å². The lowest BCUT2D eigenvalue weighted by Crippen LogP contribution is -2.19. The van der Waals surface area contributed by atoms with E-state index in [-0.39, 0.29) is 10.8 Å². The molecule has 0 radical (unpaired) electrons. The molecule has 20 heavy (non-hydrogen) atoms. The summed E-state index contributed by atoms with van der Waals surface area (Å²) >= 11 is 0. The van der Waals surface area contributed by atoms with Crippen LogP contribution >= 0.6 is 0 Å². The molecule has 0 heterocycles. The highest BCUT2D eigenvalue weighted by atomic mass is 16.5. The molecule has 0 amide bonds. The Labute approximate surface area is 123 Å². The summed E-state index contributed by atoms with van der Waals surface area (Å²) < 4.78 is 16.8. The first kappa shape index (κ1) is 16.7. The third-order valence-corrected chi connectivity index (χ3v) is 3.42. The van der Waals surface area contributed by atoms with Gasteiger partial charge in [0.1, 0.15) is 0 Å². The zero-order valence-electron chi connectivity index (χ0n) is 14.3. The quantitative estimate of drug-likeness (QED) is 0.826. The van der Waals surface area contributed by atoms with Gasteiger partial charge in [-0.15, -0.1) is 0 Å². The largest absolute Gasteiger partial charge is 0.492 e. The van der Waals surface area contributed by atoms with Gasteiger partial charge < -0.3 is 14.2 Å². The third-order valence-electron chi connectivity index (χ3n) is 3.42. The Morgan fingerprint density at radius 1 is 0.600 bits per heavy atom. The lowest BCUT2D eigenvalue weighted by molar-refractivity contribution is 0.312. The number of hydrogen-bond donors (Lipinski definition) is 0. The van der Waals surface area contributed by atoms with E-state index in [1.807, 2.05) is 0 Å². The van der Waals surface area contributed by atoms with E-state index in [9.17, 15) is 0 Å². The van der Waals surface area contributed by atoms with Gasteiger partial charge in [-0.2, -0.15) is 0 Å². The summed E-state index contributed by atoms with van der Waals surface area (Å²) in [7, 11) is 4.99. The molecule has 3 nitrogen and oxygen atoms in total. The topological polar surface area (TPSA) is 27.7 Å². The van der Waals surface area contributed by atoms with Crippen molar-refractivity contribution in [2.24, 2.45) is 0 Å². The van der Waals surface area contributed by atoms with Gasteiger partial charge in [-0.25, -0.2) is 0 Å². The zero-order valence-corrected chi connectivity index (χ0v) is 14.3. The average Bonchev–Trinajstić information content (AvgIpc) is 2.33. The average molecular weight is 280 g/mol. The minimum atomic E-state index is -0.0368. The van der Waals surface area contributed by atoms with Crippen LogP contribution in [0.2, 0.25) is 0 Å². The number of methoxy groups -OCH3 is 3. The summed E-state index contributed by atoms with van der Waals surface area (Å²) in [6.45, 7) is 13.0. The van der Waals surface area contributed by atoms with Crippen LogP contribution in [-0.2, 0) is 10.8 Å². The normalized spacial score (nSPS) is 12.2. The van der Waals surface area contributed by atoms with Crippen molar-refractivity contribution in [1.29, 1.82) is 0 Å². The summed E-state index contributed by atoms with van der Waals surface area (Å²) in [5, 5.41) is 0. The molecule has 1 aromatic carbocycles. The van der Waals surface area contributed by atoms with Crippen LogP contribution in [0.25, 0.3) is 0 Å². The lowest BCUT2D eigenvalue weighted by atomic mass is 9.79. The highest BCUT2D eigenvalue weighted by Crippen LogP contribution is 2.49. The van der Waals surface area contributed by atoms with E-state index in [4.69, 9.17) is 14.2 Å². The Kier molecular flexibility index (Phi) is 4.62. The number of hydrogen-bond acceptors (Lipinski definition) is 3. The van der Waals surface area contributed by atoms with Gasteiger partial charge in [0.05, 0.1) is 21.3 Å². The monoisotopic (exact) mass is 280 g/mol. The third kappa shape index (κ3) is 3.02. The van der Waals surface area contributed by atoms with E-state index in [2.05, 4.69) is 47.6 Å². The molecule has 0 fully saturated rings. The predicted molar refractivity (Wildman–Crippen MR) is 83.5 cm³/mol. The van der Waals surface area contributed by atoms with Gasteiger partial charge in [0.2, 0.25) is 5.75 Å². The van der Waals surface area contributed by atoms with Crippen molar-refractivity contribution in [3.05, 3.63) is 17.2 Å². The fraction of sp³-hybridized carbons (Fsp3) is 0.647. The van der Waals surface area contributed by atoms with Crippen LogP contribution < -0.4 is 14.2 Å². The summed E-state index contributed by atoms with van der Waals surface area (Å²) in [5.41, 5.74) is 2.18. The minimum Gasteiger partial charge on any atom is -0.492 e. The van der Waals surface area contributed by atoms with Crippen molar-refractivity contribution in [1.82, 2.24) is 0 Å². The molecule has 0 aliphatic carbocycles. The van der Waals surface area contributed by atoms with Gasteiger partial charge in [0, 0.05) is 11.1 Å². The molecule has 0 aliphatic rings. The molecule has 0 unspecified atom stereocenters. The van der Waals surface area contributed by atoms with Crippen LogP contribution in [0.5, 0.6) is 17.2 Å². The molecule has 0 atom stereocenters. The first-order chi connectivity index (χ1) is 9.07. The van der Waals surface area contributed by atoms with E-state index < -0.39 is 0 Å². The second-order valence-electron chi connectivity index (χ2n) is 7.07. The van der Waals surface area contributed by atoms with Crippen LogP contribution in [0, 0.1) is 0 Å². The van der Waals surface area contributed by atoms with Crippen LogP contribution in [0.3, 0.4) is 0 Å². The molecule has 114 valence electrons. The second-order valence-corrected chi connectivity index (χ2v) is 7.07. The van der Waals surface area contributed by atoms with Gasteiger partial charge in [-0.3, -0.25) is 0 Å². The van der Waals surface area contributed by atoms with E-state index in [1.165, 1.54) is 0 Å². The lowest BCUT2D eigenvalue weighted by Gasteiger charge is -2.30. The number of rotatable bonds is 3. The molecule has 0 aliphatic heterocycles. The summed E-state index contributed by atoms with van der Waals surface area (Å²) in [5.74, 6) is 2.18. The molecular weight excluding hydrogens is 252 g/mol. The van der Waals surface area contributed by atoms with Crippen molar-refractivity contribution in [2.45, 2.75) is 52.4 Å². The molecular formula is C17H28O3. The minimum absolute atomic E-state index is 0.0368. The number of ether oxygens (including phenoxy) is 3. The van der Waals surface area contributed by atoms with E-state index >= 15 is 0 Å². The molecule has 1 rings (SSSR count). The molecule has 0 saturated heterocycles. The molecule has 0 saturated carbocycles. The smallest absolute Gasteiger partial charge is 0.203 e. The molecule has 3 heteroatoms. The van der Waals surface area contributed by atoms with Gasteiger partial charge in [-0.1, -0.05) is 41.5 Å². The highest BCUT2D eigenvalue weighted by molar-refractivity contribution is 5.63. The standard InChI is InChI=1S/C17H28O3/c1-16(2,3)11-10-12(17(4,5)6)14(19-8)15(20-9)13(11)18-7/h10H,1-9H3. The van der Waals surface area contributed by atoms with E-state index in [1.54, 1.807) is 21.3 Å². The maximum absolute atomic E-state index is 5.60. The van der Waals surface area contributed by atoms with Gasteiger partial charge in [0.15, 0.2) is 11.5 Å². The Balaban J connectivity index is 3.81. The summed E-state index contributed by atoms with van der Waals surface area (Å²) in [6.07, 6.45) is 0. The van der Waals surface area contributed by atoms with Gasteiger partial charge >= 0.3 is 0 Å². The van der Waals surface area contributed by atoms with Crippen LogP contribution in [-0.4, -0.2) is 21.3 Å². The van der Waals surface area contributed by atoms with Crippen molar-refractivity contribution < 1.29 is 14.2 Å². The SMILES string of the molecule is COc1c(C(C)(C)C)cc(C(C)(C)C)c(OC)c1OC. The van der Waals surface area contributed by atoms with Crippen molar-refractivity contribution in [3.63, 3.8) is 0 Å². The highest BCUT2D eigenvalue weighted by Gasteiger charge is 2.31. The van der Waals surface area contributed by atoms with Crippen molar-refractivity contribution >= 4 is 0 Å². The fourth-order valence-corrected chi connectivity index (χ4v) is 2.33. The summed E-state index contributed by atoms with van der Waals surface area (Å²) in [6, 6.07) is 2.18. The predicted octanol–water partition coefficient (Wildman–Crippen LogP) is 4.31. The Bertz CT molecular complexity index is 436. The van der Waals surface area contributed by atoms with E-state index in [0.29, 0.717) is 5.75 Å². The van der Waals surface area contributed by atoms with Crippen molar-refractivity contribution in [2.75, 3.05) is 21.3 Å². The Morgan fingerprint density at radius 3 is 1.10 bits per heavy atom. The first-order valence-corrected chi connectivity index (χ1v) is 6.91. The molecule has 1 aromatic rings. The van der Waals surface area contributed by atoms with Crippen molar-refractivity contribution in [3.8, 4) is 17.2 Å². The van der Waals surface area contributed by atoms with E-state index in [0.717, 1.165) is 22.6 Å². The molecule has 0 aromatic heterocycles. The zero-order chi connectivity index (χ0) is 15.7. The van der Waals surface area contributed by atoms with Gasteiger partial charge in [-0.05, 0) is 16.9 Å². The number of benzene rings is 1. The molecule has 0 bridgehead atoms. The van der Waals surface area contributed by atoms with Gasteiger partial charge in [0.25, 0.3) is 0 Å². The fourth-order valence-electron chi connectivity index (χ4n) is 2.33. The molecule has 0 N–H and O–H groups in total. The Morgan fingerprint density at radius 2 is 0.900 bits per heavy atom. The second kappa shape index (κ2) is 5.55. The molecule has 0 spiro atoms. The summed E-state index contributed by atoms with van der Waals surface area (Å²) in [4.78, 5) is 0. The maximum atomic E-state index is 5.60. The Hall–Kier alpha value is -1.38. The maximum Gasteiger partial charge on any atom is 0.203 e. The van der Waals surface area contributed by atoms with Crippen LogP contribution in [0.1, 0.15) is 52.7 Å². The first-order valence-electron chi connectivity index (χ1n) is 6.91. The van der Waals surface area contributed by atoms with Crippen LogP contribution in [0.15, 0.2) is 6.07 Å².